The number of carbonyl (C=O) groups is 1. The minimum Gasteiger partial charge on any atom is -0.436 e. The fourth-order valence-corrected chi connectivity index (χ4v) is 2.95. The van der Waals surface area contributed by atoms with Gasteiger partial charge in [-0.05, 0) is 44.9 Å². The molecule has 2 aromatic carbocycles. The van der Waals surface area contributed by atoms with Gasteiger partial charge in [0.25, 0.3) is 11.6 Å². The number of aromatic nitrogens is 2. The lowest BCUT2D eigenvalue weighted by Gasteiger charge is -2.11. The van der Waals surface area contributed by atoms with Crippen LogP contribution in [0.25, 0.3) is 5.69 Å². The second kappa shape index (κ2) is 7.58. The summed E-state index contributed by atoms with van der Waals surface area (Å²) < 4.78 is 21.6. The predicted molar refractivity (Wildman–Crippen MR) is 107 cm³/mol. The third kappa shape index (κ3) is 3.86. The van der Waals surface area contributed by atoms with Crippen LogP contribution in [-0.2, 0) is 0 Å². The van der Waals surface area contributed by atoms with Gasteiger partial charge in [-0.2, -0.15) is 9.78 Å². The van der Waals surface area contributed by atoms with Crippen LogP contribution in [0.5, 0.6) is 11.6 Å². The minimum absolute atomic E-state index is 0.151. The Hall–Kier alpha value is -3.75. The Balaban J connectivity index is 1.76. The molecule has 1 aliphatic rings. The molecule has 0 saturated heterocycles. The van der Waals surface area contributed by atoms with Gasteiger partial charge >= 0.3 is 0 Å². The number of nitrogens with one attached hydrogen (secondary N) is 1. The molecule has 3 aromatic rings. The molecule has 0 spiro atoms. The normalized spacial score (nSPS) is 13.2. The number of non-ortho nitro benzene ring substituents is 1. The molecule has 8 nitrogen and oxygen atoms in total. The molecule has 9 heteroatoms. The summed E-state index contributed by atoms with van der Waals surface area (Å²) in [6.07, 6.45) is 1.86. The number of benzene rings is 2. The lowest BCUT2D eigenvalue weighted by atomic mass is 10.2. The van der Waals surface area contributed by atoms with Crippen LogP contribution in [0.15, 0.2) is 42.5 Å². The number of amides is 1. The third-order valence-electron chi connectivity index (χ3n) is 4.81. The summed E-state index contributed by atoms with van der Waals surface area (Å²) in [5.41, 5.74) is 1.91. The summed E-state index contributed by atoms with van der Waals surface area (Å²) in [5.74, 6) is -1.25. The summed E-state index contributed by atoms with van der Waals surface area (Å²) in [4.78, 5) is 22.8. The van der Waals surface area contributed by atoms with E-state index in [0.717, 1.165) is 30.5 Å². The zero-order chi connectivity index (χ0) is 21.4. The van der Waals surface area contributed by atoms with E-state index >= 15 is 0 Å². The molecule has 0 aliphatic heterocycles. The van der Waals surface area contributed by atoms with Crippen molar-refractivity contribution in [3.05, 3.63) is 75.2 Å². The van der Waals surface area contributed by atoms with Gasteiger partial charge in [-0.15, -0.1) is 0 Å². The number of nitro benzene ring substituents is 1. The fraction of sp³-hybridized carbons (Fsp3) is 0.238. The largest absolute Gasteiger partial charge is 0.436 e. The topological polar surface area (TPSA) is 99.3 Å². The standard InChI is InChI=1S/C21H19FN4O4/c1-12-3-7-15(8-4-12)25-21(13(2)19(24-25)20(27)23-14-5-6-14)30-18-10-9-16(26(28)29)11-17(18)22/h3-4,7-11,14H,5-6H2,1-2H3,(H,23,27). The Labute approximate surface area is 171 Å². The third-order valence-corrected chi connectivity index (χ3v) is 4.81. The lowest BCUT2D eigenvalue weighted by Crippen LogP contribution is -2.26. The average Bonchev–Trinajstić information content (AvgIpc) is 3.46. The monoisotopic (exact) mass is 410 g/mol. The summed E-state index contributed by atoms with van der Waals surface area (Å²) in [6.45, 7) is 3.61. The second-order valence-electron chi connectivity index (χ2n) is 7.25. The molecular formula is C21H19FN4O4. The van der Waals surface area contributed by atoms with Crippen LogP contribution < -0.4 is 10.1 Å². The van der Waals surface area contributed by atoms with Gasteiger partial charge in [-0.3, -0.25) is 14.9 Å². The highest BCUT2D eigenvalue weighted by Crippen LogP contribution is 2.33. The Kier molecular flexibility index (Phi) is 4.94. The van der Waals surface area contributed by atoms with Crippen molar-refractivity contribution >= 4 is 11.6 Å². The van der Waals surface area contributed by atoms with Crippen molar-refractivity contribution < 1.29 is 18.8 Å². The van der Waals surface area contributed by atoms with Crippen molar-refractivity contribution in [1.82, 2.24) is 15.1 Å². The zero-order valence-electron chi connectivity index (χ0n) is 16.4. The number of aryl methyl sites for hydroxylation is 1. The number of carbonyl (C=O) groups excluding carboxylic acids is 1. The highest BCUT2D eigenvalue weighted by molar-refractivity contribution is 5.94. The van der Waals surface area contributed by atoms with Crippen molar-refractivity contribution in [3.63, 3.8) is 0 Å². The van der Waals surface area contributed by atoms with Gasteiger partial charge in [-0.1, -0.05) is 17.7 Å². The number of halogens is 1. The van der Waals surface area contributed by atoms with E-state index in [9.17, 15) is 19.3 Å². The Morgan fingerprint density at radius 2 is 1.93 bits per heavy atom. The van der Waals surface area contributed by atoms with E-state index in [2.05, 4.69) is 10.4 Å². The number of nitro groups is 1. The number of hydrogen-bond donors (Lipinski definition) is 1. The Morgan fingerprint density at radius 1 is 1.23 bits per heavy atom. The number of nitrogens with zero attached hydrogens (tertiary/aromatic N) is 3. The SMILES string of the molecule is Cc1ccc(-n2nc(C(=O)NC3CC3)c(C)c2Oc2ccc([N+](=O)[O-])cc2F)cc1. The van der Waals surface area contributed by atoms with E-state index in [0.29, 0.717) is 11.3 Å². The molecule has 1 N–H and O–H groups in total. The zero-order valence-corrected chi connectivity index (χ0v) is 16.4. The van der Waals surface area contributed by atoms with Crippen LogP contribution in [-0.4, -0.2) is 26.7 Å². The van der Waals surface area contributed by atoms with Gasteiger partial charge in [0.15, 0.2) is 17.3 Å². The summed E-state index contributed by atoms with van der Waals surface area (Å²) in [5, 5.41) is 18.2. The minimum atomic E-state index is -0.885. The second-order valence-corrected chi connectivity index (χ2v) is 7.25. The van der Waals surface area contributed by atoms with Crippen LogP contribution in [0.2, 0.25) is 0 Å². The van der Waals surface area contributed by atoms with E-state index in [1.54, 1.807) is 6.92 Å². The van der Waals surface area contributed by atoms with Crippen LogP contribution in [0.3, 0.4) is 0 Å². The first-order chi connectivity index (χ1) is 14.3. The molecule has 1 aliphatic carbocycles. The van der Waals surface area contributed by atoms with Crippen LogP contribution in [0.1, 0.15) is 34.5 Å². The highest BCUT2D eigenvalue weighted by Gasteiger charge is 2.29. The van der Waals surface area contributed by atoms with Crippen LogP contribution in [0, 0.1) is 29.8 Å². The first kappa shape index (κ1) is 19.6. The lowest BCUT2D eigenvalue weighted by molar-refractivity contribution is -0.385. The molecule has 1 amide bonds. The molecule has 154 valence electrons. The van der Waals surface area contributed by atoms with Crippen LogP contribution in [0.4, 0.5) is 10.1 Å². The molecule has 30 heavy (non-hydrogen) atoms. The molecule has 0 atom stereocenters. The van der Waals surface area contributed by atoms with Crippen molar-refractivity contribution in [2.75, 3.05) is 0 Å². The van der Waals surface area contributed by atoms with Crippen molar-refractivity contribution in [3.8, 4) is 17.3 Å². The van der Waals surface area contributed by atoms with Crippen molar-refractivity contribution in [2.24, 2.45) is 0 Å². The molecule has 1 heterocycles. The Bertz CT molecular complexity index is 1140. The summed E-state index contributed by atoms with van der Waals surface area (Å²) in [6, 6.07) is 10.7. The molecule has 1 aromatic heterocycles. The first-order valence-corrected chi connectivity index (χ1v) is 9.43. The molecule has 0 bridgehead atoms. The van der Waals surface area contributed by atoms with Gasteiger partial charge in [0.2, 0.25) is 5.88 Å². The van der Waals surface area contributed by atoms with E-state index < -0.39 is 10.7 Å². The number of rotatable bonds is 6. The molecule has 4 rings (SSSR count). The Morgan fingerprint density at radius 3 is 2.53 bits per heavy atom. The molecule has 0 radical (unpaired) electrons. The van der Waals surface area contributed by atoms with Crippen molar-refractivity contribution in [2.45, 2.75) is 32.7 Å². The van der Waals surface area contributed by atoms with E-state index in [1.165, 1.54) is 10.7 Å². The number of hydrogen-bond acceptors (Lipinski definition) is 5. The van der Waals surface area contributed by atoms with E-state index in [4.69, 9.17) is 4.74 Å². The maximum Gasteiger partial charge on any atom is 0.272 e. The fourth-order valence-electron chi connectivity index (χ4n) is 2.95. The summed E-state index contributed by atoms with van der Waals surface area (Å²) in [7, 11) is 0. The quantitative estimate of drug-likeness (QED) is 0.484. The number of ether oxygens (including phenoxy) is 1. The van der Waals surface area contributed by atoms with Crippen LogP contribution >= 0.6 is 0 Å². The maximum absolute atomic E-state index is 14.4. The van der Waals surface area contributed by atoms with Gasteiger partial charge in [0.1, 0.15) is 0 Å². The van der Waals surface area contributed by atoms with E-state index in [-0.39, 0.29) is 35.0 Å². The van der Waals surface area contributed by atoms with Gasteiger partial charge < -0.3 is 10.1 Å². The smallest absolute Gasteiger partial charge is 0.272 e. The first-order valence-electron chi connectivity index (χ1n) is 9.43. The van der Waals surface area contributed by atoms with E-state index in [1.807, 2.05) is 31.2 Å². The van der Waals surface area contributed by atoms with Gasteiger partial charge in [0.05, 0.1) is 16.7 Å². The molecule has 1 fully saturated rings. The molecule has 0 unspecified atom stereocenters. The van der Waals surface area contributed by atoms with Gasteiger partial charge in [-0.25, -0.2) is 4.39 Å². The summed E-state index contributed by atoms with van der Waals surface area (Å²) >= 11 is 0. The average molecular weight is 410 g/mol. The molecular weight excluding hydrogens is 391 g/mol. The van der Waals surface area contributed by atoms with Gasteiger partial charge in [0, 0.05) is 17.7 Å². The highest BCUT2D eigenvalue weighted by atomic mass is 19.1. The molecule has 1 saturated carbocycles. The maximum atomic E-state index is 14.4. The predicted octanol–water partition coefficient (Wildman–Crippen LogP) is 4.22. The van der Waals surface area contributed by atoms with Crippen molar-refractivity contribution in [1.29, 1.82) is 0 Å².